The zero-order valence-corrected chi connectivity index (χ0v) is 10.8. The van der Waals surface area contributed by atoms with Gasteiger partial charge < -0.3 is 15.5 Å². The van der Waals surface area contributed by atoms with Crippen LogP contribution in [0.3, 0.4) is 0 Å². The largest absolute Gasteiger partial charge is 0.481 e. The fourth-order valence-electron chi connectivity index (χ4n) is 1.16. The molecule has 0 saturated carbocycles. The molecule has 0 aliphatic heterocycles. The molecule has 3 N–H and O–H groups in total. The van der Waals surface area contributed by atoms with E-state index in [1.54, 1.807) is 0 Å². The van der Waals surface area contributed by atoms with E-state index in [1.165, 1.54) is 6.07 Å². The summed E-state index contributed by atoms with van der Waals surface area (Å²) in [4.78, 5) is 36.6. The molecule has 1 heterocycles. The van der Waals surface area contributed by atoms with Gasteiger partial charge in [0.2, 0.25) is 0 Å². The first kappa shape index (κ1) is 15.2. The van der Waals surface area contributed by atoms with E-state index in [0.29, 0.717) is 0 Å². The molecule has 1 rings (SSSR count). The molecule has 0 aromatic carbocycles. The van der Waals surface area contributed by atoms with Gasteiger partial charge in [0, 0.05) is 6.20 Å². The second kappa shape index (κ2) is 6.35. The van der Waals surface area contributed by atoms with Gasteiger partial charge in [-0.2, -0.15) is 0 Å². The van der Waals surface area contributed by atoms with Crippen LogP contribution in [0.2, 0.25) is 10.2 Å². The molecular formula is C10H8Cl2N2O5. The maximum Gasteiger partial charge on any atom is 0.326 e. The molecule has 1 amide bonds. The van der Waals surface area contributed by atoms with Crippen molar-refractivity contribution in [2.45, 2.75) is 12.5 Å². The van der Waals surface area contributed by atoms with Crippen LogP contribution in [0.1, 0.15) is 16.8 Å². The summed E-state index contributed by atoms with van der Waals surface area (Å²) in [5.41, 5.74) is -0.0222. The first-order valence-corrected chi connectivity index (χ1v) is 5.63. The minimum absolute atomic E-state index is 0.00135. The summed E-state index contributed by atoms with van der Waals surface area (Å²) < 4.78 is 0. The maximum absolute atomic E-state index is 11.7. The normalized spacial score (nSPS) is 11.7. The van der Waals surface area contributed by atoms with Gasteiger partial charge in [-0.1, -0.05) is 23.2 Å². The van der Waals surface area contributed by atoms with Gasteiger partial charge in [0.15, 0.2) is 0 Å². The minimum Gasteiger partial charge on any atom is -0.481 e. The number of nitrogens with one attached hydrogen (secondary N) is 1. The highest BCUT2D eigenvalue weighted by Crippen LogP contribution is 2.19. The predicted octanol–water partition coefficient (Wildman–Crippen LogP) is 1.05. The summed E-state index contributed by atoms with van der Waals surface area (Å²) in [6, 6.07) is -0.342. The minimum atomic E-state index is -1.54. The van der Waals surface area contributed by atoms with Crippen LogP contribution in [0, 0.1) is 0 Å². The molecular weight excluding hydrogens is 299 g/mol. The summed E-state index contributed by atoms with van der Waals surface area (Å²) >= 11 is 11.2. The van der Waals surface area contributed by atoms with Gasteiger partial charge in [-0.3, -0.25) is 9.59 Å². The Labute approximate surface area is 117 Å². The van der Waals surface area contributed by atoms with Gasteiger partial charge in [0.05, 0.1) is 17.0 Å². The average molecular weight is 307 g/mol. The van der Waals surface area contributed by atoms with Crippen molar-refractivity contribution in [1.82, 2.24) is 10.3 Å². The summed E-state index contributed by atoms with van der Waals surface area (Å²) in [6.45, 7) is 0. The smallest absolute Gasteiger partial charge is 0.326 e. The lowest BCUT2D eigenvalue weighted by Crippen LogP contribution is -2.42. The van der Waals surface area contributed by atoms with Crippen molar-refractivity contribution in [1.29, 1.82) is 0 Å². The second-order valence-corrected chi connectivity index (χ2v) is 4.22. The summed E-state index contributed by atoms with van der Waals surface area (Å²) in [5, 5.41) is 19.4. The Kier molecular flexibility index (Phi) is 5.08. The van der Waals surface area contributed by atoms with Crippen LogP contribution >= 0.6 is 23.2 Å². The quantitative estimate of drug-likeness (QED) is 0.700. The van der Waals surface area contributed by atoms with E-state index in [4.69, 9.17) is 33.4 Å². The van der Waals surface area contributed by atoms with E-state index < -0.39 is 30.3 Å². The van der Waals surface area contributed by atoms with E-state index >= 15 is 0 Å². The van der Waals surface area contributed by atoms with Crippen LogP contribution in [0.5, 0.6) is 0 Å². The molecule has 1 atom stereocenters. The zero-order chi connectivity index (χ0) is 14.6. The topological polar surface area (TPSA) is 117 Å². The number of carboxylic acids is 2. The number of carbonyl (C=O) groups is 3. The molecule has 0 bridgehead atoms. The SMILES string of the molecule is O=C(O)C[C@@H](NC(=O)c1cnc(Cl)c(Cl)c1)C(=O)O. The number of hydrogen-bond donors (Lipinski definition) is 3. The number of aromatic nitrogens is 1. The molecule has 0 aliphatic rings. The number of carbonyl (C=O) groups excluding carboxylic acids is 1. The molecule has 0 unspecified atom stereocenters. The standard InChI is InChI=1S/C10H8Cl2N2O5/c11-5-1-4(3-13-8(5)12)9(17)14-6(10(18)19)2-7(15)16/h1,3,6H,2H2,(H,14,17)(H,15,16)(H,18,19)/t6-/m1/s1. The molecule has 0 saturated heterocycles. The van der Waals surface area contributed by atoms with Crippen molar-refractivity contribution >= 4 is 41.0 Å². The monoisotopic (exact) mass is 306 g/mol. The lowest BCUT2D eigenvalue weighted by Gasteiger charge is -2.12. The number of amides is 1. The Balaban J connectivity index is 2.84. The van der Waals surface area contributed by atoms with Gasteiger partial charge in [0.25, 0.3) is 5.91 Å². The van der Waals surface area contributed by atoms with Crippen LogP contribution in [0.4, 0.5) is 0 Å². The number of halogens is 2. The molecule has 0 spiro atoms. The molecule has 1 aromatic heterocycles. The molecule has 0 radical (unpaired) electrons. The Bertz CT molecular complexity index is 535. The third kappa shape index (κ3) is 4.38. The Morgan fingerprint density at radius 2 is 1.95 bits per heavy atom. The van der Waals surface area contributed by atoms with E-state index in [2.05, 4.69) is 4.98 Å². The summed E-state index contributed by atoms with van der Waals surface area (Å²) in [6.07, 6.45) is 0.360. The van der Waals surface area contributed by atoms with Crippen molar-refractivity contribution in [3.05, 3.63) is 28.0 Å². The van der Waals surface area contributed by atoms with Crippen molar-refractivity contribution in [2.75, 3.05) is 0 Å². The van der Waals surface area contributed by atoms with Crippen LogP contribution in [0.25, 0.3) is 0 Å². The van der Waals surface area contributed by atoms with Crippen LogP contribution in [0.15, 0.2) is 12.3 Å². The van der Waals surface area contributed by atoms with Crippen LogP contribution < -0.4 is 5.32 Å². The predicted molar refractivity (Wildman–Crippen MR) is 65.4 cm³/mol. The fraction of sp³-hybridized carbons (Fsp3) is 0.200. The Morgan fingerprint density at radius 3 is 2.42 bits per heavy atom. The molecule has 9 heteroatoms. The van der Waals surface area contributed by atoms with Gasteiger partial charge in [-0.25, -0.2) is 9.78 Å². The van der Waals surface area contributed by atoms with E-state index in [0.717, 1.165) is 6.20 Å². The number of rotatable bonds is 5. The third-order valence-corrected chi connectivity index (χ3v) is 2.73. The maximum atomic E-state index is 11.7. The van der Waals surface area contributed by atoms with Crippen molar-refractivity contribution in [3.63, 3.8) is 0 Å². The second-order valence-electron chi connectivity index (χ2n) is 3.46. The fourth-order valence-corrected chi connectivity index (χ4v) is 1.43. The molecule has 1 aromatic rings. The Hall–Kier alpha value is -1.86. The first-order valence-electron chi connectivity index (χ1n) is 4.87. The van der Waals surface area contributed by atoms with Gasteiger partial charge in [-0.15, -0.1) is 0 Å². The highest BCUT2D eigenvalue weighted by atomic mass is 35.5. The average Bonchev–Trinajstić information content (AvgIpc) is 2.31. The van der Waals surface area contributed by atoms with Crippen LogP contribution in [-0.2, 0) is 9.59 Å². The van der Waals surface area contributed by atoms with Crippen LogP contribution in [-0.4, -0.2) is 39.1 Å². The number of pyridine rings is 1. The third-order valence-electron chi connectivity index (χ3n) is 2.04. The summed E-state index contributed by atoms with van der Waals surface area (Å²) in [5.74, 6) is -3.61. The molecule has 19 heavy (non-hydrogen) atoms. The Morgan fingerprint density at radius 1 is 1.32 bits per heavy atom. The van der Waals surface area contributed by atoms with Gasteiger partial charge >= 0.3 is 11.9 Å². The highest BCUT2D eigenvalue weighted by molar-refractivity contribution is 6.41. The van der Waals surface area contributed by atoms with E-state index in [-0.39, 0.29) is 15.7 Å². The first-order chi connectivity index (χ1) is 8.81. The van der Waals surface area contributed by atoms with Crippen molar-refractivity contribution < 1.29 is 24.6 Å². The summed E-state index contributed by atoms with van der Waals surface area (Å²) in [7, 11) is 0. The lowest BCUT2D eigenvalue weighted by atomic mass is 10.2. The van der Waals surface area contributed by atoms with Gasteiger partial charge in [0.1, 0.15) is 11.2 Å². The molecule has 0 fully saturated rings. The number of aliphatic carboxylic acids is 2. The highest BCUT2D eigenvalue weighted by Gasteiger charge is 2.23. The number of nitrogens with zero attached hydrogens (tertiary/aromatic N) is 1. The lowest BCUT2D eigenvalue weighted by molar-refractivity contribution is -0.145. The molecule has 7 nitrogen and oxygen atoms in total. The van der Waals surface area contributed by atoms with Crippen molar-refractivity contribution in [3.8, 4) is 0 Å². The molecule has 102 valence electrons. The van der Waals surface area contributed by atoms with E-state index in [9.17, 15) is 14.4 Å². The number of carboxylic acid groups (broad SMARTS) is 2. The molecule has 0 aliphatic carbocycles. The number of hydrogen-bond acceptors (Lipinski definition) is 4. The van der Waals surface area contributed by atoms with Crippen molar-refractivity contribution in [2.24, 2.45) is 0 Å². The van der Waals surface area contributed by atoms with Gasteiger partial charge in [-0.05, 0) is 6.07 Å². The zero-order valence-electron chi connectivity index (χ0n) is 9.26. The van der Waals surface area contributed by atoms with E-state index in [1.807, 2.05) is 5.32 Å².